The van der Waals surface area contributed by atoms with Gasteiger partial charge in [0.2, 0.25) is 5.91 Å². The highest BCUT2D eigenvalue weighted by Crippen LogP contribution is 2.37. The summed E-state index contributed by atoms with van der Waals surface area (Å²) in [5.41, 5.74) is 0. The monoisotopic (exact) mass is 853 g/mol. The van der Waals surface area contributed by atoms with E-state index in [0.29, 0.717) is 0 Å². The summed E-state index contributed by atoms with van der Waals surface area (Å²) < 4.78 is 51.4. The van der Waals surface area contributed by atoms with Crippen molar-refractivity contribution < 1.29 is 124 Å². The van der Waals surface area contributed by atoms with E-state index in [1.54, 1.807) is 0 Å². The quantitative estimate of drug-likeness (QED) is 0.0818. The van der Waals surface area contributed by atoms with Crippen molar-refractivity contribution in [2.45, 2.75) is 167 Å². The summed E-state index contributed by atoms with van der Waals surface area (Å²) in [6.07, 6.45) is -44.3. The summed E-state index contributed by atoms with van der Waals surface area (Å²) in [7, 11) is 0. The second-order valence-electron chi connectivity index (χ2n) is 14.7. The third kappa shape index (κ3) is 9.75. The average molecular weight is 854 g/mol. The van der Waals surface area contributed by atoms with Crippen LogP contribution in [0, 0.1) is 0 Å². The average Bonchev–Trinajstić information content (AvgIpc) is 3.19. The molecule has 0 aromatic heterocycles. The molecular weight excluding hydrogens is 798 g/mol. The third-order valence-corrected chi connectivity index (χ3v) is 10.7. The van der Waals surface area contributed by atoms with Crippen LogP contribution in [0.15, 0.2) is 0 Å². The third-order valence-electron chi connectivity index (χ3n) is 10.7. The van der Waals surface area contributed by atoms with E-state index in [4.69, 9.17) is 42.6 Å². The molecule has 5 rings (SSSR count). The molecule has 338 valence electrons. The van der Waals surface area contributed by atoms with Gasteiger partial charge in [-0.15, -0.1) is 0 Å². The smallest absolute Gasteiger partial charge is 0.217 e. The zero-order valence-corrected chi connectivity index (χ0v) is 31.1. The molecule has 5 fully saturated rings. The van der Waals surface area contributed by atoms with Gasteiger partial charge in [0, 0.05) is 6.92 Å². The zero-order valence-electron chi connectivity index (χ0n) is 31.1. The molecule has 25 atom stereocenters. The highest BCUT2D eigenvalue weighted by molar-refractivity contribution is 5.73. The van der Waals surface area contributed by atoms with Crippen LogP contribution in [0.4, 0.5) is 0 Å². The molecule has 1 amide bonds. The van der Waals surface area contributed by atoms with Gasteiger partial charge >= 0.3 is 0 Å². The van der Waals surface area contributed by atoms with Gasteiger partial charge in [0.05, 0.1) is 32.5 Å². The molecule has 16 N–H and O–H groups in total. The highest BCUT2D eigenvalue weighted by atomic mass is 16.8. The molecular formula is C32H55NO25. The maximum absolute atomic E-state index is 12.6. The van der Waals surface area contributed by atoms with Crippen LogP contribution in [0.2, 0.25) is 0 Å². The molecule has 1 unspecified atom stereocenters. The van der Waals surface area contributed by atoms with Crippen molar-refractivity contribution in [3.05, 3.63) is 0 Å². The molecule has 0 spiro atoms. The maximum atomic E-state index is 12.6. The number of aliphatic hydroxyl groups is 15. The first-order chi connectivity index (χ1) is 27.4. The number of amides is 1. The van der Waals surface area contributed by atoms with E-state index in [2.05, 4.69) is 5.32 Å². The number of aliphatic hydroxyl groups excluding tert-OH is 15. The topological polar surface area (TPSA) is 416 Å². The van der Waals surface area contributed by atoms with Crippen LogP contribution in [0.5, 0.6) is 0 Å². The van der Waals surface area contributed by atoms with Crippen LogP contribution in [-0.4, -0.2) is 262 Å². The van der Waals surface area contributed by atoms with E-state index in [1.807, 2.05) is 0 Å². The SMILES string of the molecule is CC(=O)N[C@H]1[C@H](O[C@H]2[C@@H](O)[C@@H](CO)OC(O)[C@@H]2O)O[C@H](CO)[C@@H](O)[C@@H]1O[C@@H]1O[C@H](CO)[C@H](O)[C@H](O[C@@H]2O[C@H](CO)[C@H](O)[C@H](O)[C@H]2O)[C@H]1O[C@@H]1O[C@@H](C)[C@@H](O)[C@@H](O)[C@@H]1O. The number of ether oxygens (including phenoxy) is 9. The molecule has 0 bridgehead atoms. The van der Waals surface area contributed by atoms with E-state index in [9.17, 15) is 81.4 Å². The summed E-state index contributed by atoms with van der Waals surface area (Å²) in [4.78, 5) is 12.6. The van der Waals surface area contributed by atoms with Crippen LogP contribution in [-0.2, 0) is 47.4 Å². The molecule has 0 aromatic carbocycles. The Morgan fingerprint density at radius 1 is 0.448 bits per heavy atom. The van der Waals surface area contributed by atoms with E-state index < -0.39 is 186 Å². The first kappa shape index (κ1) is 47.6. The Hall–Kier alpha value is -1.49. The predicted octanol–water partition coefficient (Wildman–Crippen LogP) is -10.8. The fourth-order valence-corrected chi connectivity index (χ4v) is 7.34. The van der Waals surface area contributed by atoms with E-state index in [-0.39, 0.29) is 0 Å². The van der Waals surface area contributed by atoms with Gasteiger partial charge in [0.1, 0.15) is 116 Å². The molecule has 5 aliphatic rings. The van der Waals surface area contributed by atoms with Crippen molar-refractivity contribution in [1.29, 1.82) is 0 Å². The number of hydrogen-bond donors (Lipinski definition) is 16. The minimum absolute atomic E-state index is 0.822. The molecule has 5 saturated heterocycles. The fourth-order valence-electron chi connectivity index (χ4n) is 7.34. The largest absolute Gasteiger partial charge is 0.394 e. The van der Waals surface area contributed by atoms with Crippen LogP contribution in [0.25, 0.3) is 0 Å². The summed E-state index contributed by atoms with van der Waals surface area (Å²) in [6, 6.07) is -1.72. The molecule has 0 saturated carbocycles. The maximum Gasteiger partial charge on any atom is 0.217 e. The Bertz CT molecular complexity index is 1310. The Balaban J connectivity index is 1.54. The molecule has 0 aliphatic carbocycles. The van der Waals surface area contributed by atoms with Crippen molar-refractivity contribution in [2.75, 3.05) is 26.4 Å². The van der Waals surface area contributed by atoms with Crippen molar-refractivity contribution in [1.82, 2.24) is 5.32 Å². The van der Waals surface area contributed by atoms with E-state index in [0.717, 1.165) is 6.92 Å². The molecule has 0 radical (unpaired) electrons. The normalized spacial score (nSPS) is 51.6. The van der Waals surface area contributed by atoms with Gasteiger partial charge in [0.25, 0.3) is 0 Å². The Labute approximate surface area is 329 Å². The van der Waals surface area contributed by atoms with E-state index in [1.165, 1.54) is 6.92 Å². The van der Waals surface area contributed by atoms with Gasteiger partial charge in [-0.05, 0) is 6.92 Å². The summed E-state index contributed by atoms with van der Waals surface area (Å²) in [6.45, 7) is -1.39. The van der Waals surface area contributed by atoms with Crippen LogP contribution < -0.4 is 5.32 Å². The lowest BCUT2D eigenvalue weighted by molar-refractivity contribution is -0.403. The summed E-state index contributed by atoms with van der Waals surface area (Å²) >= 11 is 0. The number of nitrogens with one attached hydrogen (secondary N) is 1. The van der Waals surface area contributed by atoms with Gasteiger partial charge in [0.15, 0.2) is 31.5 Å². The number of rotatable bonds is 13. The van der Waals surface area contributed by atoms with Crippen molar-refractivity contribution in [2.24, 2.45) is 0 Å². The van der Waals surface area contributed by atoms with Gasteiger partial charge < -0.3 is 125 Å². The van der Waals surface area contributed by atoms with Crippen molar-refractivity contribution in [3.8, 4) is 0 Å². The second kappa shape index (κ2) is 20.1. The molecule has 26 nitrogen and oxygen atoms in total. The number of hydrogen-bond acceptors (Lipinski definition) is 25. The van der Waals surface area contributed by atoms with Gasteiger partial charge in [-0.2, -0.15) is 0 Å². The van der Waals surface area contributed by atoms with Gasteiger partial charge in [-0.3, -0.25) is 4.79 Å². The first-order valence-electron chi connectivity index (χ1n) is 18.5. The molecule has 5 aliphatic heterocycles. The van der Waals surface area contributed by atoms with E-state index >= 15 is 0 Å². The first-order valence-corrected chi connectivity index (χ1v) is 18.5. The van der Waals surface area contributed by atoms with Crippen molar-refractivity contribution >= 4 is 5.91 Å². The standard InChI is InChI=1S/C32H55NO25/c1-7-14(39)19(44)21(46)30(50-7)58-27-26(57-31-22(47)20(45)15(40)9(3-34)53-31)18(43)12(6-37)54-32(27)55-24-13(33-8(2)38)29(52-11(5-36)16(24)41)56-25-17(42)10(4-35)51-28(49)23(25)48/h7,9-32,34-37,39-49H,3-6H2,1-2H3,(H,33,38)/t7-,9+,10+,11+,12+,13+,14+,15-,16+,17-,18-,19+,20-,21-,22+,23+,24+,25-,26-,27+,28?,29-,30-,31-,32-/m0/s1. The Morgan fingerprint density at radius 2 is 0.862 bits per heavy atom. The zero-order chi connectivity index (χ0) is 42.9. The molecule has 0 aromatic rings. The van der Waals surface area contributed by atoms with Gasteiger partial charge in [-0.1, -0.05) is 0 Å². The lowest BCUT2D eigenvalue weighted by Crippen LogP contribution is -2.71. The predicted molar refractivity (Wildman–Crippen MR) is 177 cm³/mol. The number of carbonyl (C=O) groups is 1. The minimum Gasteiger partial charge on any atom is -0.394 e. The van der Waals surface area contributed by atoms with Crippen LogP contribution in [0.3, 0.4) is 0 Å². The van der Waals surface area contributed by atoms with Crippen LogP contribution in [0.1, 0.15) is 13.8 Å². The molecule has 5 heterocycles. The molecule has 58 heavy (non-hydrogen) atoms. The second-order valence-corrected chi connectivity index (χ2v) is 14.7. The Morgan fingerprint density at radius 3 is 1.43 bits per heavy atom. The summed E-state index contributed by atoms with van der Waals surface area (Å²) in [5.74, 6) is -0.822. The highest BCUT2D eigenvalue weighted by Gasteiger charge is 2.58. The minimum atomic E-state index is -2.07. The fraction of sp³-hybridized carbons (Fsp3) is 0.969. The lowest BCUT2D eigenvalue weighted by Gasteiger charge is -2.51. The van der Waals surface area contributed by atoms with Gasteiger partial charge in [-0.25, -0.2) is 0 Å². The van der Waals surface area contributed by atoms with Crippen molar-refractivity contribution in [3.63, 3.8) is 0 Å². The molecule has 26 heteroatoms. The van der Waals surface area contributed by atoms with Crippen LogP contribution >= 0.6 is 0 Å². The Kier molecular flexibility index (Phi) is 16.5. The number of carbonyl (C=O) groups excluding carboxylic acids is 1. The lowest BCUT2D eigenvalue weighted by atomic mass is 9.94. The summed E-state index contributed by atoms with van der Waals surface area (Å²) in [5, 5.41) is 160.